The molecule has 1 aromatic rings. The molecule has 1 aromatic carbocycles. The van der Waals surface area contributed by atoms with Crippen LogP contribution in [0.15, 0.2) is 24.3 Å². The normalized spacial score (nSPS) is 22.2. The summed E-state index contributed by atoms with van der Waals surface area (Å²) in [6, 6.07) is 8.02. The molecule has 88 valence electrons. The number of nitrogens with zero attached hydrogens (tertiary/aromatic N) is 1. The van der Waals surface area contributed by atoms with Crippen molar-refractivity contribution in [2.45, 2.75) is 19.4 Å². The van der Waals surface area contributed by atoms with Crippen molar-refractivity contribution in [3.8, 4) is 0 Å². The molecule has 3 N–H and O–H groups in total. The molecule has 0 radical (unpaired) electrons. The van der Waals surface area contributed by atoms with E-state index in [1.807, 2.05) is 18.2 Å². The topological polar surface area (TPSA) is 49.5 Å². The van der Waals surface area contributed by atoms with Crippen LogP contribution >= 0.6 is 0 Å². The number of nitrogen functional groups attached to an aromatic ring is 1. The van der Waals surface area contributed by atoms with E-state index >= 15 is 0 Å². The monoisotopic (exact) mass is 220 g/mol. The number of para-hydroxylation sites is 1. The standard InChI is InChI=1S/C13H20N2O/c14-13-6-2-1-5-12(13)9-15-7-3-4-11(8-15)10-16/h1-2,5-6,11,16H,3-4,7-10,14H2. The average molecular weight is 220 g/mol. The SMILES string of the molecule is Nc1ccccc1CN1CCCC(CO)C1. The molecule has 1 saturated heterocycles. The van der Waals surface area contributed by atoms with Crippen LogP contribution < -0.4 is 5.73 Å². The summed E-state index contributed by atoms with van der Waals surface area (Å²) in [5, 5.41) is 9.18. The van der Waals surface area contributed by atoms with Crippen LogP contribution in [0.4, 0.5) is 5.69 Å². The van der Waals surface area contributed by atoms with Gasteiger partial charge in [-0.15, -0.1) is 0 Å². The van der Waals surface area contributed by atoms with Gasteiger partial charge in [0.15, 0.2) is 0 Å². The maximum atomic E-state index is 9.18. The molecule has 1 aliphatic rings. The number of nitrogens with two attached hydrogens (primary N) is 1. The molecule has 0 amide bonds. The van der Waals surface area contributed by atoms with Crippen molar-refractivity contribution in [3.05, 3.63) is 29.8 Å². The highest BCUT2D eigenvalue weighted by Crippen LogP contribution is 2.20. The summed E-state index contributed by atoms with van der Waals surface area (Å²) in [6.07, 6.45) is 2.33. The van der Waals surface area contributed by atoms with E-state index < -0.39 is 0 Å². The summed E-state index contributed by atoms with van der Waals surface area (Å²) in [5.41, 5.74) is 7.99. The number of piperidine rings is 1. The zero-order valence-electron chi connectivity index (χ0n) is 9.60. The second-order valence-corrected chi connectivity index (χ2v) is 4.62. The van der Waals surface area contributed by atoms with E-state index in [1.165, 1.54) is 12.0 Å². The van der Waals surface area contributed by atoms with Crippen LogP contribution in [0.25, 0.3) is 0 Å². The van der Waals surface area contributed by atoms with Crippen LogP contribution in [-0.4, -0.2) is 29.7 Å². The number of aliphatic hydroxyl groups is 1. The minimum atomic E-state index is 0.306. The molecule has 1 heterocycles. The maximum absolute atomic E-state index is 9.18. The minimum absolute atomic E-state index is 0.306. The number of hydrogen-bond acceptors (Lipinski definition) is 3. The van der Waals surface area contributed by atoms with Crippen molar-refractivity contribution in [2.24, 2.45) is 5.92 Å². The van der Waals surface area contributed by atoms with Crippen LogP contribution in [0, 0.1) is 5.92 Å². The Balaban J connectivity index is 1.97. The Labute approximate surface area is 96.9 Å². The van der Waals surface area contributed by atoms with Gasteiger partial charge in [0.25, 0.3) is 0 Å². The lowest BCUT2D eigenvalue weighted by Crippen LogP contribution is -2.36. The molecule has 2 rings (SSSR count). The maximum Gasteiger partial charge on any atom is 0.0471 e. The van der Waals surface area contributed by atoms with E-state index in [2.05, 4.69) is 11.0 Å². The molecule has 0 aliphatic carbocycles. The highest BCUT2D eigenvalue weighted by molar-refractivity contribution is 5.46. The van der Waals surface area contributed by atoms with Crippen LogP contribution in [0.5, 0.6) is 0 Å². The summed E-state index contributed by atoms with van der Waals surface area (Å²) >= 11 is 0. The van der Waals surface area contributed by atoms with Crippen LogP contribution in [0.3, 0.4) is 0 Å². The van der Waals surface area contributed by atoms with Gasteiger partial charge < -0.3 is 10.8 Å². The van der Waals surface area contributed by atoms with Crippen molar-refractivity contribution in [2.75, 3.05) is 25.4 Å². The van der Waals surface area contributed by atoms with E-state index in [0.29, 0.717) is 12.5 Å². The lowest BCUT2D eigenvalue weighted by atomic mass is 9.98. The van der Waals surface area contributed by atoms with E-state index in [9.17, 15) is 5.11 Å². The summed E-state index contributed by atoms with van der Waals surface area (Å²) in [5.74, 6) is 0.443. The second kappa shape index (κ2) is 5.32. The van der Waals surface area contributed by atoms with Gasteiger partial charge in [0.1, 0.15) is 0 Å². The largest absolute Gasteiger partial charge is 0.398 e. The van der Waals surface area contributed by atoms with Crippen molar-refractivity contribution < 1.29 is 5.11 Å². The zero-order chi connectivity index (χ0) is 11.4. The van der Waals surface area contributed by atoms with E-state index in [1.54, 1.807) is 0 Å². The van der Waals surface area contributed by atoms with Crippen LogP contribution in [0.1, 0.15) is 18.4 Å². The van der Waals surface area contributed by atoms with Gasteiger partial charge >= 0.3 is 0 Å². The fourth-order valence-electron chi connectivity index (χ4n) is 2.36. The first-order valence-electron chi connectivity index (χ1n) is 5.96. The van der Waals surface area contributed by atoms with Gasteiger partial charge in [0, 0.05) is 25.4 Å². The number of hydrogen-bond donors (Lipinski definition) is 2. The average Bonchev–Trinajstić information content (AvgIpc) is 2.32. The van der Waals surface area contributed by atoms with Gasteiger partial charge in [-0.1, -0.05) is 18.2 Å². The fourth-order valence-corrected chi connectivity index (χ4v) is 2.36. The van der Waals surface area contributed by atoms with Crippen LogP contribution in [-0.2, 0) is 6.54 Å². The van der Waals surface area contributed by atoms with Crippen molar-refractivity contribution in [1.82, 2.24) is 4.90 Å². The molecule has 1 unspecified atom stereocenters. The highest BCUT2D eigenvalue weighted by Gasteiger charge is 2.19. The molecule has 0 aromatic heterocycles. The van der Waals surface area contributed by atoms with Gasteiger partial charge in [-0.2, -0.15) is 0 Å². The molecule has 0 spiro atoms. The Morgan fingerprint density at radius 2 is 2.19 bits per heavy atom. The first kappa shape index (κ1) is 11.4. The quantitative estimate of drug-likeness (QED) is 0.758. The molecule has 1 aliphatic heterocycles. The molecule has 1 fully saturated rings. The summed E-state index contributed by atoms with van der Waals surface area (Å²) in [7, 11) is 0. The Bertz CT molecular complexity index is 340. The molecule has 0 saturated carbocycles. The predicted molar refractivity (Wildman–Crippen MR) is 65.9 cm³/mol. The van der Waals surface area contributed by atoms with Crippen molar-refractivity contribution >= 4 is 5.69 Å². The van der Waals surface area contributed by atoms with Gasteiger partial charge in [-0.3, -0.25) is 4.90 Å². The molecule has 3 heteroatoms. The van der Waals surface area contributed by atoms with Gasteiger partial charge in [-0.25, -0.2) is 0 Å². The number of likely N-dealkylation sites (tertiary alicyclic amines) is 1. The number of benzene rings is 1. The summed E-state index contributed by atoms with van der Waals surface area (Å²) in [4.78, 5) is 2.38. The fraction of sp³-hybridized carbons (Fsp3) is 0.538. The number of rotatable bonds is 3. The summed E-state index contributed by atoms with van der Waals surface area (Å²) in [6.45, 7) is 3.32. The van der Waals surface area contributed by atoms with Crippen molar-refractivity contribution in [3.63, 3.8) is 0 Å². The Morgan fingerprint density at radius 1 is 1.38 bits per heavy atom. The predicted octanol–water partition coefficient (Wildman–Crippen LogP) is 1.47. The van der Waals surface area contributed by atoms with E-state index in [4.69, 9.17) is 5.73 Å². The Hall–Kier alpha value is -1.06. The van der Waals surface area contributed by atoms with E-state index in [-0.39, 0.29) is 0 Å². The molecule has 3 nitrogen and oxygen atoms in total. The molecule has 1 atom stereocenters. The molecular formula is C13H20N2O. The third-order valence-corrected chi connectivity index (χ3v) is 3.31. The molecule has 16 heavy (non-hydrogen) atoms. The highest BCUT2D eigenvalue weighted by atomic mass is 16.3. The number of anilines is 1. The van der Waals surface area contributed by atoms with Gasteiger partial charge in [-0.05, 0) is 36.9 Å². The smallest absolute Gasteiger partial charge is 0.0471 e. The lowest BCUT2D eigenvalue weighted by molar-refractivity contribution is 0.116. The van der Waals surface area contributed by atoms with E-state index in [0.717, 1.165) is 31.7 Å². The van der Waals surface area contributed by atoms with Gasteiger partial charge in [0.05, 0.1) is 0 Å². The lowest BCUT2D eigenvalue weighted by Gasteiger charge is -2.32. The van der Waals surface area contributed by atoms with Crippen molar-refractivity contribution in [1.29, 1.82) is 0 Å². The summed E-state index contributed by atoms with van der Waals surface area (Å²) < 4.78 is 0. The number of aliphatic hydroxyl groups excluding tert-OH is 1. The van der Waals surface area contributed by atoms with Crippen LogP contribution in [0.2, 0.25) is 0 Å². The van der Waals surface area contributed by atoms with Gasteiger partial charge in [0.2, 0.25) is 0 Å². The zero-order valence-corrected chi connectivity index (χ0v) is 9.60. The third-order valence-electron chi connectivity index (χ3n) is 3.31. The first-order valence-corrected chi connectivity index (χ1v) is 5.96. The molecule has 0 bridgehead atoms. The third kappa shape index (κ3) is 2.74. The Morgan fingerprint density at radius 3 is 2.94 bits per heavy atom. The minimum Gasteiger partial charge on any atom is -0.398 e. The molecular weight excluding hydrogens is 200 g/mol. The first-order chi connectivity index (χ1) is 7.79. The second-order valence-electron chi connectivity index (χ2n) is 4.62. The Kier molecular flexibility index (Phi) is 3.80.